The van der Waals surface area contributed by atoms with Crippen molar-refractivity contribution in [1.82, 2.24) is 10.2 Å². The fourth-order valence-corrected chi connectivity index (χ4v) is 2.80. The molecule has 4 nitrogen and oxygen atoms in total. The Balaban J connectivity index is 2.11. The lowest BCUT2D eigenvalue weighted by Crippen LogP contribution is -2.33. The van der Waals surface area contributed by atoms with Crippen LogP contribution in [0, 0.1) is 5.92 Å². The Morgan fingerprint density at radius 3 is 2.90 bits per heavy atom. The standard InChI is InChI=1S/C16H26N4/c1-4-18-16(17)19-11-20-10-13-7-5-6-8-14(13)15(20)9-12(2)3/h5-8,12,15H,4,9-11H2,1-3H3,(H3,17,18,19). The molecule has 0 saturated carbocycles. The van der Waals surface area contributed by atoms with Crippen LogP contribution in [0.4, 0.5) is 0 Å². The zero-order valence-corrected chi connectivity index (χ0v) is 12.8. The second-order valence-corrected chi connectivity index (χ2v) is 5.81. The Bertz CT molecular complexity index is 467. The molecule has 0 saturated heterocycles. The van der Waals surface area contributed by atoms with Crippen molar-refractivity contribution in [2.75, 3.05) is 13.2 Å². The number of rotatable bonds is 5. The molecule has 0 aromatic heterocycles. The van der Waals surface area contributed by atoms with Crippen molar-refractivity contribution < 1.29 is 0 Å². The number of nitrogens with zero attached hydrogens (tertiary/aromatic N) is 2. The first-order valence-electron chi connectivity index (χ1n) is 7.47. The summed E-state index contributed by atoms with van der Waals surface area (Å²) >= 11 is 0. The van der Waals surface area contributed by atoms with Gasteiger partial charge in [0, 0.05) is 19.1 Å². The van der Waals surface area contributed by atoms with Gasteiger partial charge in [-0.25, -0.2) is 4.99 Å². The Hall–Kier alpha value is -1.55. The van der Waals surface area contributed by atoms with Crippen LogP contribution in [0.25, 0.3) is 0 Å². The molecule has 0 spiro atoms. The van der Waals surface area contributed by atoms with Crippen LogP contribution in [-0.2, 0) is 6.54 Å². The Labute approximate surface area is 122 Å². The van der Waals surface area contributed by atoms with Gasteiger partial charge in [-0.15, -0.1) is 0 Å². The molecule has 1 aromatic rings. The normalized spacial score (nSPS) is 19.4. The van der Waals surface area contributed by atoms with Gasteiger partial charge < -0.3 is 11.1 Å². The van der Waals surface area contributed by atoms with Crippen LogP contribution in [0.2, 0.25) is 0 Å². The molecular weight excluding hydrogens is 248 g/mol. The van der Waals surface area contributed by atoms with Crippen LogP contribution in [0.1, 0.15) is 44.4 Å². The summed E-state index contributed by atoms with van der Waals surface area (Å²) in [5, 5.41) is 3.05. The largest absolute Gasteiger partial charge is 0.370 e. The van der Waals surface area contributed by atoms with Crippen molar-refractivity contribution in [1.29, 1.82) is 0 Å². The van der Waals surface area contributed by atoms with Crippen molar-refractivity contribution in [3.63, 3.8) is 0 Å². The summed E-state index contributed by atoms with van der Waals surface area (Å²) in [6.07, 6.45) is 1.16. The highest BCUT2D eigenvalue weighted by atomic mass is 15.3. The first kappa shape index (κ1) is 14.9. The van der Waals surface area contributed by atoms with E-state index in [1.165, 1.54) is 11.1 Å². The van der Waals surface area contributed by atoms with Gasteiger partial charge in [-0.1, -0.05) is 38.1 Å². The molecule has 0 bridgehead atoms. The topological polar surface area (TPSA) is 53.6 Å². The van der Waals surface area contributed by atoms with Gasteiger partial charge in [-0.05, 0) is 30.4 Å². The Morgan fingerprint density at radius 2 is 2.20 bits per heavy atom. The molecule has 1 unspecified atom stereocenters. The van der Waals surface area contributed by atoms with E-state index in [4.69, 9.17) is 5.73 Å². The number of hydrogen-bond donors (Lipinski definition) is 2. The SMILES string of the molecule is CCNC(N)=NCN1Cc2ccccc2C1CC(C)C. The summed E-state index contributed by atoms with van der Waals surface area (Å²) in [7, 11) is 0. The van der Waals surface area contributed by atoms with E-state index in [2.05, 4.69) is 53.3 Å². The molecule has 1 atom stereocenters. The van der Waals surface area contributed by atoms with Crippen LogP contribution in [0.5, 0.6) is 0 Å². The first-order chi connectivity index (χ1) is 9.61. The van der Waals surface area contributed by atoms with Crippen molar-refractivity contribution in [2.24, 2.45) is 16.6 Å². The summed E-state index contributed by atoms with van der Waals surface area (Å²) in [6.45, 7) is 9.01. The average Bonchev–Trinajstić information content (AvgIpc) is 2.75. The lowest BCUT2D eigenvalue weighted by atomic mass is 9.97. The second kappa shape index (κ2) is 6.75. The Kier molecular flexibility index (Phi) is 5.01. The van der Waals surface area contributed by atoms with Gasteiger partial charge in [0.1, 0.15) is 0 Å². The van der Waals surface area contributed by atoms with E-state index in [9.17, 15) is 0 Å². The molecule has 0 radical (unpaired) electrons. The molecule has 1 heterocycles. The third-order valence-electron chi connectivity index (χ3n) is 3.70. The lowest BCUT2D eigenvalue weighted by molar-refractivity contribution is 0.197. The quantitative estimate of drug-likeness (QED) is 0.640. The summed E-state index contributed by atoms with van der Waals surface area (Å²) < 4.78 is 0. The zero-order chi connectivity index (χ0) is 14.5. The van der Waals surface area contributed by atoms with Gasteiger partial charge in [0.2, 0.25) is 0 Å². The fourth-order valence-electron chi connectivity index (χ4n) is 2.80. The third kappa shape index (κ3) is 3.51. The van der Waals surface area contributed by atoms with Gasteiger partial charge in [0.25, 0.3) is 0 Å². The Morgan fingerprint density at radius 1 is 1.45 bits per heavy atom. The number of benzene rings is 1. The van der Waals surface area contributed by atoms with Crippen molar-refractivity contribution >= 4 is 5.96 Å². The van der Waals surface area contributed by atoms with Crippen LogP contribution in [0.3, 0.4) is 0 Å². The van der Waals surface area contributed by atoms with E-state index in [0.717, 1.165) is 19.5 Å². The van der Waals surface area contributed by atoms with Gasteiger partial charge in [0.15, 0.2) is 5.96 Å². The fraction of sp³-hybridized carbons (Fsp3) is 0.562. The number of nitrogens with one attached hydrogen (secondary N) is 1. The molecule has 0 amide bonds. The van der Waals surface area contributed by atoms with Crippen LogP contribution >= 0.6 is 0 Å². The van der Waals surface area contributed by atoms with E-state index in [1.807, 2.05) is 6.92 Å². The number of aliphatic imine (C=N–C) groups is 1. The van der Waals surface area contributed by atoms with E-state index in [-0.39, 0.29) is 0 Å². The second-order valence-electron chi connectivity index (χ2n) is 5.81. The highest BCUT2D eigenvalue weighted by molar-refractivity contribution is 5.77. The van der Waals surface area contributed by atoms with Gasteiger partial charge in [-0.3, -0.25) is 4.90 Å². The number of nitrogens with two attached hydrogens (primary N) is 1. The maximum atomic E-state index is 5.83. The smallest absolute Gasteiger partial charge is 0.189 e. The first-order valence-corrected chi connectivity index (χ1v) is 7.47. The maximum Gasteiger partial charge on any atom is 0.189 e. The van der Waals surface area contributed by atoms with Gasteiger partial charge >= 0.3 is 0 Å². The van der Waals surface area contributed by atoms with Gasteiger partial charge in [-0.2, -0.15) is 0 Å². The van der Waals surface area contributed by atoms with Crippen LogP contribution in [-0.4, -0.2) is 24.1 Å². The van der Waals surface area contributed by atoms with Crippen LogP contribution < -0.4 is 11.1 Å². The molecule has 1 aromatic carbocycles. The molecule has 1 aliphatic heterocycles. The molecule has 2 rings (SSSR count). The number of guanidine groups is 1. The minimum atomic E-state index is 0.462. The number of hydrogen-bond acceptors (Lipinski definition) is 2. The number of fused-ring (bicyclic) bond motifs is 1. The molecule has 4 heteroatoms. The molecule has 110 valence electrons. The zero-order valence-electron chi connectivity index (χ0n) is 12.8. The van der Waals surface area contributed by atoms with Crippen molar-refractivity contribution in [3.8, 4) is 0 Å². The summed E-state index contributed by atoms with van der Waals surface area (Å²) in [5.41, 5.74) is 8.71. The van der Waals surface area contributed by atoms with Crippen LogP contribution in [0.15, 0.2) is 29.3 Å². The van der Waals surface area contributed by atoms with E-state index < -0.39 is 0 Å². The molecule has 1 aliphatic rings. The van der Waals surface area contributed by atoms with E-state index in [1.54, 1.807) is 0 Å². The monoisotopic (exact) mass is 274 g/mol. The van der Waals surface area contributed by atoms with E-state index in [0.29, 0.717) is 24.6 Å². The highest BCUT2D eigenvalue weighted by Gasteiger charge is 2.29. The molecule has 0 fully saturated rings. The summed E-state index contributed by atoms with van der Waals surface area (Å²) in [6, 6.07) is 9.18. The van der Waals surface area contributed by atoms with Gasteiger partial charge in [0.05, 0.1) is 6.67 Å². The average molecular weight is 274 g/mol. The predicted octanol–water partition coefficient (Wildman–Crippen LogP) is 2.47. The van der Waals surface area contributed by atoms with E-state index >= 15 is 0 Å². The molecule has 3 N–H and O–H groups in total. The summed E-state index contributed by atoms with van der Waals surface area (Å²) in [4.78, 5) is 6.86. The third-order valence-corrected chi connectivity index (χ3v) is 3.70. The highest BCUT2D eigenvalue weighted by Crippen LogP contribution is 2.37. The summed E-state index contributed by atoms with van der Waals surface area (Å²) in [5.74, 6) is 1.20. The lowest BCUT2D eigenvalue weighted by Gasteiger charge is -2.25. The predicted molar refractivity (Wildman–Crippen MR) is 84.3 cm³/mol. The minimum Gasteiger partial charge on any atom is -0.370 e. The minimum absolute atomic E-state index is 0.462. The van der Waals surface area contributed by atoms with Crippen molar-refractivity contribution in [3.05, 3.63) is 35.4 Å². The molecule has 0 aliphatic carbocycles. The molecule has 20 heavy (non-hydrogen) atoms. The molecular formula is C16H26N4. The van der Waals surface area contributed by atoms with Crippen molar-refractivity contribution in [2.45, 2.75) is 39.8 Å². The maximum absolute atomic E-state index is 5.83.